The van der Waals surface area contributed by atoms with Gasteiger partial charge in [0.05, 0.1) is 5.56 Å². The van der Waals surface area contributed by atoms with Gasteiger partial charge < -0.3 is 5.32 Å². The summed E-state index contributed by atoms with van der Waals surface area (Å²) >= 11 is 5.98. The first-order valence-electron chi connectivity index (χ1n) is 6.03. The van der Waals surface area contributed by atoms with Gasteiger partial charge in [-0.3, -0.25) is 0 Å². The lowest BCUT2D eigenvalue weighted by molar-refractivity contribution is -0.137. The van der Waals surface area contributed by atoms with Gasteiger partial charge in [-0.1, -0.05) is 12.1 Å². The summed E-state index contributed by atoms with van der Waals surface area (Å²) < 4.78 is 38.4. The van der Waals surface area contributed by atoms with Crippen LogP contribution in [-0.4, -0.2) is 11.4 Å². The molecule has 0 atom stereocenters. The highest BCUT2D eigenvalue weighted by Crippen LogP contribution is 2.36. The van der Waals surface area contributed by atoms with Gasteiger partial charge in [-0.25, -0.2) is 0 Å². The summed E-state index contributed by atoms with van der Waals surface area (Å²) in [6.45, 7) is 0. The molecule has 100 valence electrons. The number of rotatable bonds is 2. The molecule has 0 bridgehead atoms. The van der Waals surface area contributed by atoms with Crippen LogP contribution in [0.5, 0.6) is 0 Å². The summed E-state index contributed by atoms with van der Waals surface area (Å²) in [6, 6.07) is 5.70. The highest BCUT2D eigenvalue weighted by atomic mass is 35.5. The summed E-state index contributed by atoms with van der Waals surface area (Å²) in [5.41, 5.74) is -0.430. The summed E-state index contributed by atoms with van der Waals surface area (Å²) in [6.07, 6.45) is -0.963. The van der Waals surface area contributed by atoms with Gasteiger partial charge in [0.15, 0.2) is 0 Å². The second kappa shape index (κ2) is 5.39. The van der Waals surface area contributed by atoms with E-state index in [1.165, 1.54) is 12.1 Å². The predicted octanol–water partition coefficient (Wildman–Crippen LogP) is 4.67. The molecule has 1 N–H and O–H groups in total. The van der Waals surface area contributed by atoms with E-state index in [2.05, 4.69) is 5.32 Å². The standard InChI is InChI=1S/C13H15ClF3N/c14-9-5-7-10(8-6-9)18-12-4-2-1-3-11(12)13(15,16)17/h1-4,9-10,18H,5-8H2. The molecule has 1 aromatic carbocycles. The number of para-hydroxylation sites is 1. The summed E-state index contributed by atoms with van der Waals surface area (Å²) in [5, 5.41) is 3.17. The topological polar surface area (TPSA) is 12.0 Å². The van der Waals surface area contributed by atoms with Crippen molar-refractivity contribution in [3.63, 3.8) is 0 Å². The zero-order valence-electron chi connectivity index (χ0n) is 9.80. The van der Waals surface area contributed by atoms with Crippen LogP contribution in [-0.2, 0) is 6.18 Å². The Morgan fingerprint density at radius 3 is 2.28 bits per heavy atom. The maximum absolute atomic E-state index is 12.8. The number of hydrogen-bond donors (Lipinski definition) is 1. The van der Waals surface area contributed by atoms with Gasteiger partial charge in [0.2, 0.25) is 0 Å². The fourth-order valence-electron chi connectivity index (χ4n) is 2.27. The Labute approximate surface area is 109 Å². The van der Waals surface area contributed by atoms with E-state index in [1.54, 1.807) is 6.07 Å². The molecule has 1 fully saturated rings. The highest BCUT2D eigenvalue weighted by Gasteiger charge is 2.33. The number of benzene rings is 1. The summed E-state index contributed by atoms with van der Waals surface area (Å²) in [7, 11) is 0. The van der Waals surface area contributed by atoms with E-state index in [0.717, 1.165) is 31.7 Å². The van der Waals surface area contributed by atoms with E-state index in [-0.39, 0.29) is 17.1 Å². The molecule has 2 rings (SSSR count). The van der Waals surface area contributed by atoms with Gasteiger partial charge in [0.25, 0.3) is 0 Å². The van der Waals surface area contributed by atoms with Crippen molar-refractivity contribution in [2.24, 2.45) is 0 Å². The number of anilines is 1. The van der Waals surface area contributed by atoms with Crippen molar-refractivity contribution in [3.05, 3.63) is 29.8 Å². The van der Waals surface area contributed by atoms with Gasteiger partial charge in [-0.05, 0) is 37.8 Å². The van der Waals surface area contributed by atoms with E-state index in [9.17, 15) is 13.2 Å². The maximum Gasteiger partial charge on any atom is 0.418 e. The molecule has 0 heterocycles. The lowest BCUT2D eigenvalue weighted by atomic mass is 9.94. The quantitative estimate of drug-likeness (QED) is 0.775. The molecule has 0 radical (unpaired) electrons. The van der Waals surface area contributed by atoms with Crippen LogP contribution in [0.15, 0.2) is 24.3 Å². The Bertz CT molecular complexity index is 397. The van der Waals surface area contributed by atoms with Crippen molar-refractivity contribution in [3.8, 4) is 0 Å². The Morgan fingerprint density at radius 2 is 1.67 bits per heavy atom. The molecule has 18 heavy (non-hydrogen) atoms. The van der Waals surface area contributed by atoms with Crippen molar-refractivity contribution in [1.29, 1.82) is 0 Å². The van der Waals surface area contributed by atoms with Crippen LogP contribution in [0.1, 0.15) is 31.2 Å². The highest BCUT2D eigenvalue weighted by molar-refractivity contribution is 6.20. The third-order valence-electron chi connectivity index (χ3n) is 3.25. The molecule has 0 amide bonds. The molecule has 0 saturated heterocycles. The second-order valence-corrected chi connectivity index (χ2v) is 5.25. The van der Waals surface area contributed by atoms with E-state index < -0.39 is 11.7 Å². The van der Waals surface area contributed by atoms with Crippen molar-refractivity contribution in [1.82, 2.24) is 0 Å². The lowest BCUT2D eigenvalue weighted by Crippen LogP contribution is -2.27. The van der Waals surface area contributed by atoms with Crippen molar-refractivity contribution >= 4 is 17.3 Å². The monoisotopic (exact) mass is 277 g/mol. The molecular formula is C13H15ClF3N. The molecule has 1 aliphatic carbocycles. The molecular weight excluding hydrogens is 263 g/mol. The van der Waals surface area contributed by atoms with Crippen LogP contribution in [0.3, 0.4) is 0 Å². The van der Waals surface area contributed by atoms with Crippen LogP contribution in [0.4, 0.5) is 18.9 Å². The summed E-state index contributed by atoms with van der Waals surface area (Å²) in [4.78, 5) is 0. The van der Waals surface area contributed by atoms with Crippen LogP contribution in [0.25, 0.3) is 0 Å². The molecule has 5 heteroatoms. The molecule has 1 aromatic rings. The van der Waals surface area contributed by atoms with E-state index >= 15 is 0 Å². The molecule has 0 unspecified atom stereocenters. The molecule has 0 spiro atoms. The van der Waals surface area contributed by atoms with Gasteiger partial charge in [0, 0.05) is 17.1 Å². The minimum Gasteiger partial charge on any atom is -0.382 e. The minimum absolute atomic E-state index is 0.0866. The van der Waals surface area contributed by atoms with E-state index in [1.807, 2.05) is 0 Å². The molecule has 1 aliphatic rings. The zero-order valence-corrected chi connectivity index (χ0v) is 10.6. The van der Waals surface area contributed by atoms with Crippen LogP contribution in [0.2, 0.25) is 0 Å². The average molecular weight is 278 g/mol. The Balaban J connectivity index is 2.10. The first kappa shape index (κ1) is 13.5. The molecule has 0 aliphatic heterocycles. The largest absolute Gasteiger partial charge is 0.418 e. The smallest absolute Gasteiger partial charge is 0.382 e. The first-order valence-corrected chi connectivity index (χ1v) is 6.47. The van der Waals surface area contributed by atoms with Crippen LogP contribution < -0.4 is 5.32 Å². The van der Waals surface area contributed by atoms with Crippen molar-refractivity contribution in [2.45, 2.75) is 43.3 Å². The molecule has 1 saturated carbocycles. The molecule has 0 aromatic heterocycles. The van der Waals surface area contributed by atoms with Gasteiger partial charge in [-0.15, -0.1) is 11.6 Å². The fourth-order valence-corrected chi connectivity index (χ4v) is 2.53. The number of halogens is 4. The first-order chi connectivity index (χ1) is 8.47. The van der Waals surface area contributed by atoms with Gasteiger partial charge >= 0.3 is 6.18 Å². The Morgan fingerprint density at radius 1 is 1.06 bits per heavy atom. The lowest BCUT2D eigenvalue weighted by Gasteiger charge is -2.27. The maximum atomic E-state index is 12.8. The Kier molecular flexibility index (Phi) is 4.05. The van der Waals surface area contributed by atoms with E-state index in [4.69, 9.17) is 11.6 Å². The van der Waals surface area contributed by atoms with Crippen LogP contribution >= 0.6 is 11.6 Å². The normalized spacial score (nSPS) is 24.9. The van der Waals surface area contributed by atoms with Crippen molar-refractivity contribution in [2.75, 3.05) is 5.32 Å². The SMILES string of the molecule is FC(F)(F)c1ccccc1NC1CCC(Cl)CC1. The van der Waals surface area contributed by atoms with Crippen LogP contribution in [0, 0.1) is 0 Å². The van der Waals surface area contributed by atoms with Gasteiger partial charge in [0.1, 0.15) is 0 Å². The zero-order chi connectivity index (χ0) is 13.2. The molecule has 1 nitrogen and oxygen atoms in total. The summed E-state index contributed by atoms with van der Waals surface area (Å²) in [5.74, 6) is 0. The average Bonchev–Trinajstić information content (AvgIpc) is 2.31. The predicted molar refractivity (Wildman–Crippen MR) is 67.0 cm³/mol. The second-order valence-electron chi connectivity index (χ2n) is 4.64. The number of nitrogens with one attached hydrogen (secondary N) is 1. The van der Waals surface area contributed by atoms with Crippen molar-refractivity contribution < 1.29 is 13.2 Å². The third kappa shape index (κ3) is 3.31. The number of alkyl halides is 4. The Hall–Kier alpha value is -0.900. The third-order valence-corrected chi connectivity index (χ3v) is 3.69. The minimum atomic E-state index is -4.31. The number of hydrogen-bond acceptors (Lipinski definition) is 1. The fraction of sp³-hybridized carbons (Fsp3) is 0.538. The van der Waals surface area contributed by atoms with E-state index in [0.29, 0.717) is 0 Å². The van der Waals surface area contributed by atoms with Gasteiger partial charge in [-0.2, -0.15) is 13.2 Å².